The van der Waals surface area contributed by atoms with E-state index in [0.717, 1.165) is 11.4 Å². The molecule has 0 N–H and O–H groups in total. The van der Waals surface area contributed by atoms with Gasteiger partial charge in [0.2, 0.25) is 0 Å². The highest BCUT2D eigenvalue weighted by molar-refractivity contribution is 6.01. The molecular weight excluding hydrogens is 214 g/mol. The van der Waals surface area contributed by atoms with Gasteiger partial charge in [0.1, 0.15) is 6.04 Å². The van der Waals surface area contributed by atoms with Crippen molar-refractivity contribution in [1.29, 1.82) is 0 Å². The summed E-state index contributed by atoms with van der Waals surface area (Å²) in [4.78, 5) is 10.8. The summed E-state index contributed by atoms with van der Waals surface area (Å²) in [5.74, 6) is 0.836. The maximum Gasteiger partial charge on any atom is 0.343 e. The molecule has 0 aromatic heterocycles. The van der Waals surface area contributed by atoms with Crippen molar-refractivity contribution in [3.63, 3.8) is 0 Å². The molecule has 0 radical (unpaired) electrons. The number of nitroso groups, excluding NO2 is 1. The van der Waals surface area contributed by atoms with Crippen LogP contribution in [0.4, 0.5) is 0 Å². The molecule has 92 valence electrons. The van der Waals surface area contributed by atoms with E-state index in [-0.39, 0.29) is 11.5 Å². The Bertz CT molecular complexity index is 377. The number of ketones is 1. The average Bonchev–Trinajstić information content (AvgIpc) is 2.29. The zero-order valence-electron chi connectivity index (χ0n) is 10.9. The van der Waals surface area contributed by atoms with E-state index in [1.165, 1.54) is 0 Å². The highest BCUT2D eigenvalue weighted by Gasteiger charge is 2.24. The van der Waals surface area contributed by atoms with Crippen LogP contribution in [0.5, 0.6) is 0 Å². The molecule has 1 unspecified atom stereocenters. The fourth-order valence-electron chi connectivity index (χ4n) is 1.54. The zero-order valence-corrected chi connectivity index (χ0v) is 10.9. The monoisotopic (exact) mass is 234 g/mol. The Morgan fingerprint density at radius 3 is 2.29 bits per heavy atom. The smallest absolute Gasteiger partial charge is 0.258 e. The van der Waals surface area contributed by atoms with Crippen LogP contribution in [0.25, 0.3) is 0 Å². The van der Waals surface area contributed by atoms with Gasteiger partial charge in [-0.3, -0.25) is 4.42 Å². The van der Waals surface area contributed by atoms with Crippen LogP contribution in [0.2, 0.25) is 0 Å². The second-order valence-electron chi connectivity index (χ2n) is 5.20. The summed E-state index contributed by atoms with van der Waals surface area (Å²) in [5, 5.41) is 3.20. The van der Waals surface area contributed by atoms with E-state index in [2.05, 4.69) is 5.18 Å². The predicted octanol–water partition coefficient (Wildman–Crippen LogP) is 3.34. The summed E-state index contributed by atoms with van der Waals surface area (Å²) in [5.41, 5.74) is 0.994. The first-order chi connectivity index (χ1) is 7.97. The molecule has 0 saturated heterocycles. The van der Waals surface area contributed by atoms with Gasteiger partial charge in [0, 0.05) is 12.2 Å². The third-order valence-corrected chi connectivity index (χ3v) is 2.82. The van der Waals surface area contributed by atoms with Gasteiger partial charge < -0.3 is 0 Å². The summed E-state index contributed by atoms with van der Waals surface area (Å²) >= 11 is 0. The van der Waals surface area contributed by atoms with Crippen molar-refractivity contribution in [3.05, 3.63) is 40.9 Å². The number of nitrogens with zero attached hydrogens (tertiary/aromatic N) is 1. The molecule has 0 amide bonds. The van der Waals surface area contributed by atoms with E-state index in [4.69, 9.17) is 4.42 Å². The van der Waals surface area contributed by atoms with Gasteiger partial charge in [0.15, 0.2) is 0 Å². The van der Waals surface area contributed by atoms with Crippen LogP contribution in [0.15, 0.2) is 41.1 Å². The molecule has 0 bridgehead atoms. The molecule has 0 aromatic rings. The maximum atomic E-state index is 10.8. The lowest BCUT2D eigenvalue weighted by Gasteiger charge is -2.23. The fraction of sp³-hybridized carbons (Fsp3) is 0.500. The largest absolute Gasteiger partial charge is 0.343 e. The van der Waals surface area contributed by atoms with Crippen LogP contribution in [0.3, 0.4) is 0 Å². The van der Waals surface area contributed by atoms with E-state index >= 15 is 0 Å². The highest BCUT2D eigenvalue weighted by Crippen LogP contribution is 2.25. The molecule has 0 fully saturated rings. The Labute approximate surface area is 103 Å². The first kappa shape index (κ1) is 13.6. The predicted molar refractivity (Wildman–Crippen MR) is 70.9 cm³/mol. The number of hydrogen-bond acceptors (Lipinski definition) is 2. The summed E-state index contributed by atoms with van der Waals surface area (Å²) < 4.78 is 5.09. The lowest BCUT2D eigenvalue weighted by atomic mass is 9.85. The minimum atomic E-state index is -0.190. The van der Waals surface area contributed by atoms with Crippen molar-refractivity contribution >= 4 is 5.78 Å². The molecule has 0 spiro atoms. The van der Waals surface area contributed by atoms with Crippen LogP contribution >= 0.6 is 0 Å². The lowest BCUT2D eigenvalue weighted by Crippen LogP contribution is -2.23. The molecule has 1 aliphatic rings. The Kier molecular flexibility index (Phi) is 4.55. The van der Waals surface area contributed by atoms with E-state index in [0.29, 0.717) is 6.42 Å². The Hall–Kier alpha value is -1.51. The highest BCUT2D eigenvalue weighted by atomic mass is 16.4. The third-order valence-electron chi connectivity index (χ3n) is 2.82. The van der Waals surface area contributed by atoms with Crippen molar-refractivity contribution in [2.45, 2.75) is 33.2 Å². The molecule has 1 aliphatic carbocycles. The number of hydrogen-bond donors (Lipinski definition) is 0. The topological polar surface area (TPSA) is 40.7 Å². The molecular formula is C14H20NO2+. The fourth-order valence-corrected chi connectivity index (χ4v) is 1.54. The van der Waals surface area contributed by atoms with Crippen LogP contribution in [-0.2, 0) is 4.42 Å². The maximum absolute atomic E-state index is 10.8. The first-order valence-corrected chi connectivity index (χ1v) is 5.77. The number of carbonyl (C=O) groups excluding carboxylic acids is 1. The summed E-state index contributed by atoms with van der Waals surface area (Å²) in [6.07, 6.45) is 10.5. The first-order valence-electron chi connectivity index (χ1n) is 5.77. The van der Waals surface area contributed by atoms with Crippen molar-refractivity contribution in [2.24, 2.45) is 10.6 Å². The Balaban J connectivity index is 2.67. The molecule has 1 rings (SSSR count). The van der Waals surface area contributed by atoms with Gasteiger partial charge >= 0.3 is 5.78 Å². The van der Waals surface area contributed by atoms with Crippen LogP contribution in [0, 0.1) is 10.3 Å². The Morgan fingerprint density at radius 1 is 1.29 bits per heavy atom. The van der Waals surface area contributed by atoms with Crippen molar-refractivity contribution in [3.8, 4) is 0 Å². The van der Waals surface area contributed by atoms with Gasteiger partial charge in [-0.05, 0) is 29.6 Å². The third kappa shape index (κ3) is 4.10. The van der Waals surface area contributed by atoms with Crippen LogP contribution < -0.4 is 0 Å². The lowest BCUT2D eigenvalue weighted by molar-refractivity contribution is -0.417. The molecule has 1 atom stereocenters. The summed E-state index contributed by atoms with van der Waals surface area (Å²) in [7, 11) is 1.64. The van der Waals surface area contributed by atoms with Gasteiger partial charge in [-0.15, -0.1) is 0 Å². The van der Waals surface area contributed by atoms with Crippen molar-refractivity contribution in [1.82, 2.24) is 0 Å². The molecule has 3 heteroatoms. The van der Waals surface area contributed by atoms with Gasteiger partial charge in [-0.25, -0.2) is 0 Å². The van der Waals surface area contributed by atoms with Gasteiger partial charge in [-0.2, -0.15) is 4.91 Å². The standard InChI is InChI=1S/C14H20NO2/c1-14(2,3)13(15-16)10-7-11-5-8-12(17-4)9-6-11/h5-9,13H,10H2,1-4H3/q+1. The second-order valence-corrected chi connectivity index (χ2v) is 5.20. The quantitative estimate of drug-likeness (QED) is 0.545. The van der Waals surface area contributed by atoms with Crippen molar-refractivity contribution in [2.75, 3.05) is 7.11 Å². The SMILES string of the molecule is C[O+]=C1C=CC(=CCC(N=O)C(C)(C)C)C=C1. The van der Waals surface area contributed by atoms with Gasteiger partial charge in [-0.1, -0.05) is 32.0 Å². The summed E-state index contributed by atoms with van der Waals surface area (Å²) in [6.45, 7) is 6.09. The van der Waals surface area contributed by atoms with Crippen LogP contribution in [0.1, 0.15) is 27.2 Å². The van der Waals surface area contributed by atoms with Crippen LogP contribution in [-0.4, -0.2) is 18.9 Å². The van der Waals surface area contributed by atoms with E-state index in [1.807, 2.05) is 51.2 Å². The minimum absolute atomic E-state index is 0.0925. The molecule has 3 nitrogen and oxygen atoms in total. The molecule has 17 heavy (non-hydrogen) atoms. The zero-order chi connectivity index (χ0) is 12.9. The average molecular weight is 234 g/mol. The molecule has 0 aromatic carbocycles. The normalized spacial score (nSPS) is 16.9. The minimum Gasteiger partial charge on any atom is -0.258 e. The molecule has 0 aliphatic heterocycles. The molecule has 0 heterocycles. The van der Waals surface area contributed by atoms with Gasteiger partial charge in [0.25, 0.3) is 7.11 Å². The summed E-state index contributed by atoms with van der Waals surface area (Å²) in [6, 6.07) is -0.190. The van der Waals surface area contributed by atoms with E-state index in [1.54, 1.807) is 7.11 Å². The number of rotatable bonds is 3. The second kappa shape index (κ2) is 5.71. The van der Waals surface area contributed by atoms with Gasteiger partial charge in [0.05, 0.1) is 0 Å². The van der Waals surface area contributed by atoms with E-state index in [9.17, 15) is 4.91 Å². The van der Waals surface area contributed by atoms with E-state index < -0.39 is 0 Å². The number of allylic oxidation sites excluding steroid dienone is 5. The Morgan fingerprint density at radius 2 is 1.88 bits per heavy atom. The van der Waals surface area contributed by atoms with Crippen molar-refractivity contribution < 1.29 is 4.42 Å². The molecule has 0 saturated carbocycles.